The molecule has 0 aromatic heterocycles. The number of hydrogen-bond donors (Lipinski definition) is 2. The predicted octanol–water partition coefficient (Wildman–Crippen LogP) is 3.28. The first-order chi connectivity index (χ1) is 16.3. The van der Waals surface area contributed by atoms with Crippen molar-refractivity contribution >= 4 is 17.6 Å². The number of fused-ring (bicyclic) bond motifs is 1. The number of anilines is 1. The minimum atomic E-state index is -0.940. The lowest BCUT2D eigenvalue weighted by molar-refractivity contribution is -0.128. The molecule has 2 N–H and O–H groups in total. The highest BCUT2D eigenvalue weighted by molar-refractivity contribution is 6.23. The molecule has 2 aromatic carbocycles. The SMILES string of the molecule is COc1ccc2c(c1)CCCN(C)[C@@H]([C@]1(O)CC[C@@]3(CC1)NC(=O)N(c1ccccc1)C3=O)C2. The Bertz CT molecular complexity index is 1080. The number of amides is 3. The lowest BCUT2D eigenvalue weighted by atomic mass is 9.69. The molecule has 1 saturated carbocycles. The van der Waals surface area contributed by atoms with Crippen molar-refractivity contribution in [2.24, 2.45) is 0 Å². The number of nitrogens with one attached hydrogen (secondary N) is 1. The number of ether oxygens (including phenoxy) is 1. The number of imide groups is 1. The zero-order valence-corrected chi connectivity index (χ0v) is 19.9. The van der Waals surface area contributed by atoms with Crippen LogP contribution in [0.3, 0.4) is 0 Å². The number of para-hydroxylation sites is 1. The normalized spacial score (nSPS) is 30.0. The summed E-state index contributed by atoms with van der Waals surface area (Å²) < 4.78 is 5.42. The summed E-state index contributed by atoms with van der Waals surface area (Å²) in [6, 6.07) is 14.8. The van der Waals surface area contributed by atoms with Gasteiger partial charge in [0.05, 0.1) is 18.4 Å². The molecular formula is C27H33N3O4. The molecule has 0 unspecified atom stereocenters. The standard InChI is InChI=1S/C27H33N3O4/c1-29-16-6-7-19-17-22(34-2)11-10-20(19)18-23(29)27(33)14-12-26(13-15-27)24(31)30(25(32)28-26)21-8-4-3-5-9-21/h3-5,8-11,17,23,33H,6-7,12-16,18H2,1-2H3,(H,28,32)/t23-,26-,27-/m1/s1. The molecule has 2 heterocycles. The third-order valence-corrected chi connectivity index (χ3v) is 8.08. The van der Waals surface area contributed by atoms with Gasteiger partial charge >= 0.3 is 6.03 Å². The zero-order chi connectivity index (χ0) is 23.9. The van der Waals surface area contributed by atoms with Crippen molar-refractivity contribution in [3.8, 4) is 5.75 Å². The van der Waals surface area contributed by atoms with Crippen LogP contribution in [0.15, 0.2) is 48.5 Å². The highest BCUT2D eigenvalue weighted by atomic mass is 16.5. The fourth-order valence-electron chi connectivity index (χ4n) is 6.01. The first-order valence-corrected chi connectivity index (χ1v) is 12.2. The third kappa shape index (κ3) is 3.87. The molecule has 1 atom stereocenters. The summed E-state index contributed by atoms with van der Waals surface area (Å²) in [6.07, 6.45) is 4.52. The van der Waals surface area contributed by atoms with Crippen LogP contribution in [0.2, 0.25) is 0 Å². The van der Waals surface area contributed by atoms with Gasteiger partial charge in [-0.25, -0.2) is 9.69 Å². The van der Waals surface area contributed by atoms with Crippen LogP contribution in [0.4, 0.5) is 10.5 Å². The van der Waals surface area contributed by atoms with Crippen molar-refractivity contribution in [1.29, 1.82) is 0 Å². The van der Waals surface area contributed by atoms with Gasteiger partial charge < -0.3 is 20.1 Å². The van der Waals surface area contributed by atoms with Crippen LogP contribution in [0.25, 0.3) is 0 Å². The molecular weight excluding hydrogens is 430 g/mol. The summed E-state index contributed by atoms with van der Waals surface area (Å²) in [4.78, 5) is 29.7. The van der Waals surface area contributed by atoms with E-state index < -0.39 is 11.1 Å². The molecule has 0 bridgehead atoms. The minimum absolute atomic E-state index is 0.0604. The summed E-state index contributed by atoms with van der Waals surface area (Å²) in [5, 5.41) is 14.9. The average Bonchev–Trinajstić information content (AvgIpc) is 3.08. The number of urea groups is 1. The van der Waals surface area contributed by atoms with Gasteiger partial charge in [0.2, 0.25) is 0 Å². The van der Waals surface area contributed by atoms with Gasteiger partial charge in [0.15, 0.2) is 0 Å². The Hall–Kier alpha value is -2.90. The maximum absolute atomic E-state index is 13.4. The highest BCUT2D eigenvalue weighted by Gasteiger charge is 2.56. The molecule has 2 aliphatic heterocycles. The van der Waals surface area contributed by atoms with Gasteiger partial charge in [-0.15, -0.1) is 0 Å². The van der Waals surface area contributed by atoms with Crippen LogP contribution >= 0.6 is 0 Å². The number of rotatable bonds is 3. The maximum atomic E-state index is 13.4. The number of aliphatic hydroxyl groups is 1. The number of likely N-dealkylation sites (N-methyl/N-ethyl adjacent to an activating group) is 1. The predicted molar refractivity (Wildman–Crippen MR) is 130 cm³/mol. The van der Waals surface area contributed by atoms with Crippen molar-refractivity contribution in [3.63, 3.8) is 0 Å². The molecule has 180 valence electrons. The van der Waals surface area contributed by atoms with Crippen molar-refractivity contribution in [3.05, 3.63) is 59.7 Å². The number of hydrogen-bond acceptors (Lipinski definition) is 5. The molecule has 2 fully saturated rings. The summed E-state index contributed by atoms with van der Waals surface area (Å²) >= 11 is 0. The van der Waals surface area contributed by atoms with Gasteiger partial charge in [0.25, 0.3) is 5.91 Å². The fraction of sp³-hybridized carbons (Fsp3) is 0.481. The van der Waals surface area contributed by atoms with Crippen LogP contribution in [0, 0.1) is 0 Å². The van der Waals surface area contributed by atoms with E-state index in [-0.39, 0.29) is 18.0 Å². The molecule has 1 aliphatic carbocycles. The zero-order valence-electron chi connectivity index (χ0n) is 19.9. The third-order valence-electron chi connectivity index (χ3n) is 8.08. The van der Waals surface area contributed by atoms with Crippen molar-refractivity contribution < 1.29 is 19.4 Å². The largest absolute Gasteiger partial charge is 0.497 e. The van der Waals surface area contributed by atoms with Crippen LogP contribution in [0.1, 0.15) is 43.2 Å². The highest BCUT2D eigenvalue weighted by Crippen LogP contribution is 2.43. The van der Waals surface area contributed by atoms with Crippen LogP contribution in [-0.4, -0.2) is 59.8 Å². The Balaban J connectivity index is 1.36. The number of nitrogens with zero attached hydrogens (tertiary/aromatic N) is 2. The molecule has 3 amide bonds. The smallest absolute Gasteiger partial charge is 0.329 e. The lowest BCUT2D eigenvalue weighted by Gasteiger charge is -2.48. The summed E-state index contributed by atoms with van der Waals surface area (Å²) in [6.45, 7) is 0.895. The van der Waals surface area contributed by atoms with E-state index in [1.807, 2.05) is 24.3 Å². The van der Waals surface area contributed by atoms with Crippen LogP contribution in [0.5, 0.6) is 5.75 Å². The summed E-state index contributed by atoms with van der Waals surface area (Å²) in [7, 11) is 3.77. The van der Waals surface area contributed by atoms with Gasteiger partial charge in [-0.05, 0) is 93.9 Å². The molecule has 1 saturated heterocycles. The molecule has 2 aromatic rings. The molecule has 0 radical (unpaired) electrons. The summed E-state index contributed by atoms with van der Waals surface area (Å²) in [5.41, 5.74) is 1.23. The Morgan fingerprint density at radius 1 is 1.03 bits per heavy atom. The molecule has 7 nitrogen and oxygen atoms in total. The maximum Gasteiger partial charge on any atom is 0.329 e. The topological polar surface area (TPSA) is 82.1 Å². The number of carbonyl (C=O) groups is 2. The number of methoxy groups -OCH3 is 1. The Labute approximate surface area is 200 Å². The van der Waals surface area contributed by atoms with E-state index in [2.05, 4.69) is 29.4 Å². The van der Waals surface area contributed by atoms with E-state index in [0.717, 1.165) is 31.6 Å². The fourth-order valence-corrected chi connectivity index (χ4v) is 6.01. The van der Waals surface area contributed by atoms with Crippen LogP contribution in [-0.2, 0) is 17.6 Å². The minimum Gasteiger partial charge on any atom is -0.497 e. The van der Waals surface area contributed by atoms with E-state index in [9.17, 15) is 14.7 Å². The first-order valence-electron chi connectivity index (χ1n) is 12.2. The Kier molecular flexibility index (Phi) is 5.86. The Morgan fingerprint density at radius 2 is 1.76 bits per heavy atom. The number of benzene rings is 2. The van der Waals surface area contributed by atoms with Crippen molar-refractivity contribution in [2.45, 2.75) is 62.1 Å². The quantitative estimate of drug-likeness (QED) is 0.683. The van der Waals surface area contributed by atoms with E-state index in [4.69, 9.17) is 4.74 Å². The van der Waals surface area contributed by atoms with Gasteiger partial charge in [-0.2, -0.15) is 0 Å². The molecule has 7 heteroatoms. The van der Waals surface area contributed by atoms with Crippen molar-refractivity contribution in [1.82, 2.24) is 10.2 Å². The second-order valence-electron chi connectivity index (χ2n) is 10.0. The second kappa shape index (κ2) is 8.71. The number of aryl methyl sites for hydroxylation is 1. The van der Waals surface area contributed by atoms with E-state index in [1.165, 1.54) is 16.0 Å². The van der Waals surface area contributed by atoms with Gasteiger partial charge in [-0.1, -0.05) is 24.3 Å². The first kappa shape index (κ1) is 22.9. The van der Waals surface area contributed by atoms with Gasteiger partial charge in [0, 0.05) is 6.04 Å². The van der Waals surface area contributed by atoms with Crippen molar-refractivity contribution in [2.75, 3.05) is 25.6 Å². The van der Waals surface area contributed by atoms with E-state index in [1.54, 1.807) is 19.2 Å². The molecule has 34 heavy (non-hydrogen) atoms. The monoisotopic (exact) mass is 463 g/mol. The lowest BCUT2D eigenvalue weighted by Crippen LogP contribution is -2.60. The molecule has 5 rings (SSSR count). The molecule has 1 spiro atoms. The molecule has 3 aliphatic rings. The van der Waals surface area contributed by atoms with E-state index >= 15 is 0 Å². The average molecular weight is 464 g/mol. The second-order valence-corrected chi connectivity index (χ2v) is 10.0. The van der Waals surface area contributed by atoms with Crippen LogP contribution < -0.4 is 15.0 Å². The van der Waals surface area contributed by atoms with E-state index in [0.29, 0.717) is 31.4 Å². The van der Waals surface area contributed by atoms with Gasteiger partial charge in [-0.3, -0.25) is 4.79 Å². The Morgan fingerprint density at radius 3 is 2.47 bits per heavy atom. The van der Waals surface area contributed by atoms with Gasteiger partial charge in [0.1, 0.15) is 11.3 Å². The summed E-state index contributed by atoms with van der Waals surface area (Å²) in [5.74, 6) is 0.648. The number of carbonyl (C=O) groups excluding carboxylic acids is 2.